The van der Waals surface area contributed by atoms with Gasteiger partial charge in [0.25, 0.3) is 5.91 Å². The molecule has 1 atom stereocenters. The van der Waals surface area contributed by atoms with E-state index in [1.165, 1.54) is 11.3 Å². The molecule has 0 bridgehead atoms. The zero-order valence-electron chi connectivity index (χ0n) is 21.3. The van der Waals surface area contributed by atoms with E-state index in [0.717, 1.165) is 17.3 Å². The summed E-state index contributed by atoms with van der Waals surface area (Å²) in [4.78, 5) is 32.2. The zero-order chi connectivity index (χ0) is 27.4. The molecule has 2 aliphatic rings. The molecule has 11 heteroatoms. The van der Waals surface area contributed by atoms with Crippen LogP contribution < -0.4 is 10.1 Å². The maximum Gasteiger partial charge on any atom is 0.513 e. The Balaban J connectivity index is 1.56. The van der Waals surface area contributed by atoms with Gasteiger partial charge in [0, 0.05) is 17.4 Å². The Morgan fingerprint density at radius 2 is 2.05 bits per heavy atom. The summed E-state index contributed by atoms with van der Waals surface area (Å²) in [6, 6.07) is 14.5. The van der Waals surface area contributed by atoms with Crippen LogP contribution in [0, 0.1) is 5.92 Å². The van der Waals surface area contributed by atoms with Gasteiger partial charge in [-0.3, -0.25) is 4.79 Å². The number of carbonyl (C=O) groups excluding carboxylic acids is 2. The van der Waals surface area contributed by atoms with E-state index in [2.05, 4.69) is 5.32 Å². The number of rotatable bonds is 9. The minimum atomic E-state index is -1.12. The summed E-state index contributed by atoms with van der Waals surface area (Å²) in [5, 5.41) is 7.51. The number of hydrogen-bond donors (Lipinski definition) is 1. The molecule has 1 unspecified atom stereocenters. The number of nitrogens with one attached hydrogen (secondary N) is 1. The van der Waals surface area contributed by atoms with Crippen LogP contribution in [-0.2, 0) is 24.5 Å². The van der Waals surface area contributed by atoms with Crippen LogP contribution in [-0.4, -0.2) is 43.0 Å². The van der Waals surface area contributed by atoms with Crippen molar-refractivity contribution in [2.24, 2.45) is 5.92 Å². The first-order chi connectivity index (χ1) is 18.8. The summed E-state index contributed by atoms with van der Waals surface area (Å²) in [5.41, 5.74) is 0.228. The first-order valence-corrected chi connectivity index (χ1v) is 14.5. The van der Waals surface area contributed by atoms with Crippen LogP contribution in [0.4, 0.5) is 4.79 Å². The smallest absolute Gasteiger partial charge is 0.469 e. The maximum absolute atomic E-state index is 13.8. The van der Waals surface area contributed by atoms with Crippen molar-refractivity contribution in [1.29, 1.82) is 0 Å². The highest BCUT2D eigenvalue weighted by atomic mass is 35.5. The van der Waals surface area contributed by atoms with Gasteiger partial charge in [0.1, 0.15) is 22.3 Å². The first kappa shape index (κ1) is 27.5. The van der Waals surface area contributed by atoms with Gasteiger partial charge < -0.3 is 24.3 Å². The van der Waals surface area contributed by atoms with Crippen LogP contribution >= 0.6 is 34.7 Å². The molecule has 0 aliphatic carbocycles. The second-order valence-corrected chi connectivity index (χ2v) is 11.8. The molecule has 1 aromatic carbocycles. The van der Waals surface area contributed by atoms with Crippen molar-refractivity contribution in [3.63, 3.8) is 0 Å². The molecule has 1 fully saturated rings. The molecule has 204 valence electrons. The molecule has 1 amide bonds. The minimum absolute atomic E-state index is 0.0704. The van der Waals surface area contributed by atoms with Crippen molar-refractivity contribution < 1.29 is 28.5 Å². The summed E-state index contributed by atoms with van der Waals surface area (Å²) in [6.45, 7) is 5.04. The number of benzene rings is 1. The fourth-order valence-corrected chi connectivity index (χ4v) is 5.97. The minimum Gasteiger partial charge on any atom is -0.469 e. The van der Waals surface area contributed by atoms with Gasteiger partial charge in [0.2, 0.25) is 5.88 Å². The Labute approximate surface area is 239 Å². The third-order valence-corrected chi connectivity index (χ3v) is 8.39. The van der Waals surface area contributed by atoms with Gasteiger partial charge in [-0.25, -0.2) is 9.78 Å². The van der Waals surface area contributed by atoms with Gasteiger partial charge >= 0.3 is 6.16 Å². The Bertz CT molecular complexity index is 1380. The third kappa shape index (κ3) is 6.24. The SMILES string of the molecule is CC(C)COC(=O)OC1=C(Sc2ccccc2Cl)C(=O)NC(c2ccsc2)(c2cccc(OC3COC3)n2)C1. The van der Waals surface area contributed by atoms with Gasteiger partial charge in [-0.2, -0.15) is 11.3 Å². The molecular formula is C28H27ClN2O6S2. The molecule has 0 radical (unpaired) electrons. The first-order valence-electron chi connectivity index (χ1n) is 12.4. The van der Waals surface area contributed by atoms with Crippen LogP contribution in [0.5, 0.6) is 5.88 Å². The molecule has 5 rings (SSSR count). The number of pyridine rings is 1. The Hall–Kier alpha value is -3.05. The lowest BCUT2D eigenvalue weighted by atomic mass is 9.81. The van der Waals surface area contributed by atoms with E-state index >= 15 is 0 Å². The molecule has 0 saturated carbocycles. The monoisotopic (exact) mass is 586 g/mol. The van der Waals surface area contributed by atoms with Gasteiger partial charge in [-0.1, -0.05) is 55.4 Å². The van der Waals surface area contributed by atoms with Crippen molar-refractivity contribution >= 4 is 46.8 Å². The lowest BCUT2D eigenvalue weighted by Crippen LogP contribution is -2.51. The fraction of sp³-hybridized carbons (Fsp3) is 0.321. The van der Waals surface area contributed by atoms with E-state index in [0.29, 0.717) is 34.7 Å². The number of ether oxygens (including phenoxy) is 4. The molecule has 1 N–H and O–H groups in total. The zero-order valence-corrected chi connectivity index (χ0v) is 23.7. The van der Waals surface area contributed by atoms with Crippen molar-refractivity contribution in [3.05, 3.63) is 86.2 Å². The lowest BCUT2D eigenvalue weighted by Gasteiger charge is -2.38. The summed E-state index contributed by atoms with van der Waals surface area (Å²) in [7, 11) is 0. The van der Waals surface area contributed by atoms with E-state index in [1.54, 1.807) is 24.3 Å². The number of halogens is 1. The summed E-state index contributed by atoms with van der Waals surface area (Å²) in [6.07, 6.45) is -0.832. The molecule has 2 aromatic heterocycles. The highest BCUT2D eigenvalue weighted by Crippen LogP contribution is 2.45. The molecule has 3 aromatic rings. The summed E-state index contributed by atoms with van der Waals surface area (Å²) >= 11 is 9.02. The van der Waals surface area contributed by atoms with E-state index < -0.39 is 17.6 Å². The molecular weight excluding hydrogens is 560 g/mol. The van der Waals surface area contributed by atoms with Gasteiger partial charge in [-0.15, -0.1) is 0 Å². The van der Waals surface area contributed by atoms with Gasteiger partial charge in [0.05, 0.1) is 30.5 Å². The molecule has 39 heavy (non-hydrogen) atoms. The van der Waals surface area contributed by atoms with Crippen LogP contribution in [0.15, 0.2) is 74.9 Å². The quantitative estimate of drug-likeness (QED) is 0.298. The second kappa shape index (κ2) is 12.0. The third-order valence-electron chi connectivity index (χ3n) is 6.07. The number of thioether (sulfide) groups is 1. The van der Waals surface area contributed by atoms with E-state index in [1.807, 2.05) is 48.9 Å². The van der Waals surface area contributed by atoms with Crippen molar-refractivity contribution in [2.75, 3.05) is 19.8 Å². The maximum atomic E-state index is 13.8. The number of amides is 1. The number of aromatic nitrogens is 1. The van der Waals surface area contributed by atoms with Crippen LogP contribution in [0.25, 0.3) is 0 Å². The van der Waals surface area contributed by atoms with Crippen LogP contribution in [0.2, 0.25) is 5.02 Å². The predicted octanol–water partition coefficient (Wildman–Crippen LogP) is 6.15. The van der Waals surface area contributed by atoms with E-state index in [4.69, 9.17) is 35.5 Å². The molecule has 4 heterocycles. The highest BCUT2D eigenvalue weighted by Gasteiger charge is 2.46. The molecule has 1 saturated heterocycles. The fourth-order valence-electron chi connectivity index (χ4n) is 4.09. The predicted molar refractivity (Wildman–Crippen MR) is 149 cm³/mol. The molecule has 0 spiro atoms. The van der Waals surface area contributed by atoms with Gasteiger partial charge in [-0.05, 0) is 46.5 Å². The summed E-state index contributed by atoms with van der Waals surface area (Å²) in [5.74, 6) is 0.286. The Morgan fingerprint density at radius 1 is 1.23 bits per heavy atom. The van der Waals surface area contributed by atoms with E-state index in [-0.39, 0.29) is 35.7 Å². The average Bonchev–Trinajstić information content (AvgIpc) is 3.44. The number of carbonyl (C=O) groups is 2. The van der Waals surface area contributed by atoms with E-state index in [9.17, 15) is 9.59 Å². The Morgan fingerprint density at radius 3 is 2.74 bits per heavy atom. The van der Waals surface area contributed by atoms with Crippen molar-refractivity contribution in [2.45, 2.75) is 36.8 Å². The topological polar surface area (TPSA) is 96.0 Å². The highest BCUT2D eigenvalue weighted by molar-refractivity contribution is 8.04. The number of hydrogen-bond acceptors (Lipinski definition) is 9. The van der Waals surface area contributed by atoms with Crippen molar-refractivity contribution in [1.82, 2.24) is 10.3 Å². The second-order valence-electron chi connectivity index (χ2n) is 9.53. The Kier molecular flexibility index (Phi) is 8.46. The lowest BCUT2D eigenvalue weighted by molar-refractivity contribution is -0.119. The average molecular weight is 587 g/mol. The summed E-state index contributed by atoms with van der Waals surface area (Å²) < 4.78 is 22.2. The number of nitrogens with zero attached hydrogens (tertiary/aromatic N) is 1. The molecule has 2 aliphatic heterocycles. The van der Waals surface area contributed by atoms with Crippen molar-refractivity contribution in [3.8, 4) is 5.88 Å². The van der Waals surface area contributed by atoms with Crippen LogP contribution in [0.3, 0.4) is 0 Å². The number of thiophene rings is 1. The van der Waals surface area contributed by atoms with Crippen LogP contribution in [0.1, 0.15) is 31.5 Å². The normalized spacial score (nSPS) is 19.4. The molecule has 8 nitrogen and oxygen atoms in total. The van der Waals surface area contributed by atoms with Gasteiger partial charge in [0.15, 0.2) is 0 Å². The standard InChI is InChI=1S/C28H27ClN2O6S2/c1-17(2)13-35-27(33)37-21-12-28(18-10-11-38-16-18,23-8-5-9-24(30-23)36-19-14-34-15-19)31-26(32)25(21)39-22-7-4-3-6-20(22)29/h3-11,16-17,19H,12-15H2,1-2H3,(H,31,32). The largest absolute Gasteiger partial charge is 0.513 e.